The molecular weight excluding hydrogens is 192 g/mol. The van der Waals surface area contributed by atoms with E-state index in [4.69, 9.17) is 4.74 Å². The van der Waals surface area contributed by atoms with Crippen molar-refractivity contribution in [3.63, 3.8) is 0 Å². The Morgan fingerprint density at radius 2 is 1.93 bits per heavy atom. The molecule has 1 aliphatic rings. The Morgan fingerprint density at radius 3 is 2.47 bits per heavy atom. The summed E-state index contributed by atoms with van der Waals surface area (Å²) in [6, 6.07) is 0. The molecule has 0 aromatic heterocycles. The lowest BCUT2D eigenvalue weighted by Gasteiger charge is -2.34. The Morgan fingerprint density at radius 1 is 1.27 bits per heavy atom. The third kappa shape index (κ3) is 4.18. The van der Waals surface area contributed by atoms with Crippen LogP contribution in [-0.2, 0) is 9.53 Å². The first-order valence-electron chi connectivity index (χ1n) is 5.77. The first-order valence-corrected chi connectivity index (χ1v) is 5.77. The van der Waals surface area contributed by atoms with Gasteiger partial charge >= 0.3 is 0 Å². The van der Waals surface area contributed by atoms with Crippen LogP contribution in [0.1, 0.15) is 19.8 Å². The fraction of sp³-hybridized carbons (Fsp3) is 0.909. The summed E-state index contributed by atoms with van der Waals surface area (Å²) in [5, 5.41) is 0. The number of carbonyl (C=O) groups is 1. The molecule has 4 heteroatoms. The highest BCUT2D eigenvalue weighted by atomic mass is 16.5. The van der Waals surface area contributed by atoms with E-state index in [2.05, 4.69) is 4.90 Å². The number of ether oxygens (including phenoxy) is 1. The lowest BCUT2D eigenvalue weighted by Crippen LogP contribution is -2.49. The minimum atomic E-state index is 0.309. The quantitative estimate of drug-likeness (QED) is 0.671. The number of rotatable bonds is 5. The molecule has 4 nitrogen and oxygen atoms in total. The van der Waals surface area contributed by atoms with Gasteiger partial charge in [-0.3, -0.25) is 9.69 Å². The summed E-state index contributed by atoms with van der Waals surface area (Å²) in [7, 11) is 1.72. The van der Waals surface area contributed by atoms with Crippen LogP contribution in [0.5, 0.6) is 0 Å². The molecule has 0 saturated carbocycles. The summed E-state index contributed by atoms with van der Waals surface area (Å²) in [5.41, 5.74) is 0. The lowest BCUT2D eigenvalue weighted by molar-refractivity contribution is -0.133. The normalized spacial score (nSPS) is 18.1. The molecule has 0 aromatic carbocycles. The first kappa shape index (κ1) is 12.5. The highest BCUT2D eigenvalue weighted by molar-refractivity contribution is 5.76. The van der Waals surface area contributed by atoms with Crippen molar-refractivity contribution in [3.8, 4) is 0 Å². The van der Waals surface area contributed by atoms with Crippen LogP contribution in [0, 0.1) is 0 Å². The number of carbonyl (C=O) groups excluding carboxylic acids is 1. The smallest absolute Gasteiger partial charge is 0.222 e. The zero-order chi connectivity index (χ0) is 11.1. The average Bonchev–Trinajstić information content (AvgIpc) is 2.27. The van der Waals surface area contributed by atoms with Crippen molar-refractivity contribution in [2.45, 2.75) is 19.8 Å². The Hall–Kier alpha value is -0.610. The molecule has 1 rings (SSSR count). The minimum Gasteiger partial charge on any atom is -0.383 e. The lowest BCUT2D eigenvalue weighted by atomic mass is 10.2. The van der Waals surface area contributed by atoms with E-state index in [-0.39, 0.29) is 0 Å². The van der Waals surface area contributed by atoms with Crippen LogP contribution in [0.3, 0.4) is 0 Å². The maximum absolute atomic E-state index is 11.6. The fourth-order valence-electron chi connectivity index (χ4n) is 1.81. The van der Waals surface area contributed by atoms with Gasteiger partial charge < -0.3 is 9.64 Å². The van der Waals surface area contributed by atoms with Crippen LogP contribution in [-0.4, -0.2) is 62.1 Å². The van der Waals surface area contributed by atoms with Crippen LogP contribution in [0.25, 0.3) is 0 Å². The summed E-state index contributed by atoms with van der Waals surface area (Å²) in [5.74, 6) is 0.309. The van der Waals surface area contributed by atoms with E-state index < -0.39 is 0 Å². The standard InChI is InChI=1S/C11H22N2O2/c1-3-4-11(14)13-7-5-12(6-8-13)9-10-15-2/h3-10H2,1-2H3. The number of hydrogen-bond donors (Lipinski definition) is 0. The van der Waals surface area contributed by atoms with Gasteiger partial charge in [-0.1, -0.05) is 6.92 Å². The summed E-state index contributed by atoms with van der Waals surface area (Å²) in [6.07, 6.45) is 1.64. The van der Waals surface area contributed by atoms with Gasteiger partial charge in [0, 0.05) is 46.3 Å². The molecule has 88 valence electrons. The van der Waals surface area contributed by atoms with Gasteiger partial charge in [-0.05, 0) is 6.42 Å². The Bertz CT molecular complexity index is 189. The van der Waals surface area contributed by atoms with Crippen molar-refractivity contribution in [1.29, 1.82) is 0 Å². The summed E-state index contributed by atoms with van der Waals surface area (Å²) in [6.45, 7) is 7.53. The average molecular weight is 214 g/mol. The first-order chi connectivity index (χ1) is 7.27. The van der Waals surface area contributed by atoms with Crippen LogP contribution in [0.4, 0.5) is 0 Å². The van der Waals surface area contributed by atoms with Crippen molar-refractivity contribution >= 4 is 5.91 Å². The predicted octanol–water partition coefficient (Wildman–Crippen LogP) is 0.577. The summed E-state index contributed by atoms with van der Waals surface area (Å²) in [4.78, 5) is 15.9. The Kier molecular flexibility index (Phi) is 5.65. The second-order valence-electron chi connectivity index (χ2n) is 3.97. The Balaban J connectivity index is 2.20. The van der Waals surface area contributed by atoms with Gasteiger partial charge in [0.05, 0.1) is 6.61 Å². The number of hydrogen-bond acceptors (Lipinski definition) is 3. The van der Waals surface area contributed by atoms with E-state index in [0.717, 1.165) is 45.8 Å². The molecule has 0 radical (unpaired) electrons. The molecule has 0 unspecified atom stereocenters. The molecule has 0 aliphatic carbocycles. The van der Waals surface area contributed by atoms with Crippen LogP contribution in [0.2, 0.25) is 0 Å². The van der Waals surface area contributed by atoms with E-state index in [0.29, 0.717) is 12.3 Å². The van der Waals surface area contributed by atoms with Crippen LogP contribution in [0.15, 0.2) is 0 Å². The van der Waals surface area contributed by atoms with E-state index >= 15 is 0 Å². The third-order valence-corrected chi connectivity index (χ3v) is 2.80. The monoisotopic (exact) mass is 214 g/mol. The zero-order valence-corrected chi connectivity index (χ0v) is 9.87. The fourth-order valence-corrected chi connectivity index (χ4v) is 1.81. The van der Waals surface area contributed by atoms with E-state index in [9.17, 15) is 4.79 Å². The second kappa shape index (κ2) is 6.80. The van der Waals surface area contributed by atoms with Gasteiger partial charge in [-0.15, -0.1) is 0 Å². The van der Waals surface area contributed by atoms with Crippen LogP contribution < -0.4 is 0 Å². The molecule has 1 aliphatic heterocycles. The molecular formula is C11H22N2O2. The molecule has 0 atom stereocenters. The Labute approximate surface area is 92.2 Å². The highest BCUT2D eigenvalue weighted by Crippen LogP contribution is 2.04. The van der Waals surface area contributed by atoms with Crippen molar-refractivity contribution in [1.82, 2.24) is 9.80 Å². The van der Waals surface area contributed by atoms with Gasteiger partial charge in [0.15, 0.2) is 0 Å². The van der Waals surface area contributed by atoms with Gasteiger partial charge in [0.1, 0.15) is 0 Å². The molecule has 0 spiro atoms. The van der Waals surface area contributed by atoms with Gasteiger partial charge in [-0.2, -0.15) is 0 Å². The molecule has 0 aromatic rings. The highest BCUT2D eigenvalue weighted by Gasteiger charge is 2.19. The van der Waals surface area contributed by atoms with Crippen molar-refractivity contribution in [2.75, 3.05) is 46.4 Å². The summed E-state index contributed by atoms with van der Waals surface area (Å²) >= 11 is 0. The van der Waals surface area contributed by atoms with Gasteiger partial charge in [-0.25, -0.2) is 0 Å². The van der Waals surface area contributed by atoms with Gasteiger partial charge in [0.2, 0.25) is 5.91 Å². The number of methoxy groups -OCH3 is 1. The molecule has 0 bridgehead atoms. The molecule has 0 N–H and O–H groups in total. The van der Waals surface area contributed by atoms with Crippen molar-refractivity contribution in [2.24, 2.45) is 0 Å². The second-order valence-corrected chi connectivity index (χ2v) is 3.97. The largest absolute Gasteiger partial charge is 0.383 e. The van der Waals surface area contributed by atoms with E-state index in [1.54, 1.807) is 7.11 Å². The zero-order valence-electron chi connectivity index (χ0n) is 9.87. The maximum atomic E-state index is 11.6. The molecule has 1 fully saturated rings. The number of amides is 1. The summed E-state index contributed by atoms with van der Waals surface area (Å²) < 4.78 is 5.04. The van der Waals surface area contributed by atoms with Crippen molar-refractivity contribution < 1.29 is 9.53 Å². The van der Waals surface area contributed by atoms with Crippen molar-refractivity contribution in [3.05, 3.63) is 0 Å². The molecule has 1 heterocycles. The predicted molar refractivity (Wildman–Crippen MR) is 59.8 cm³/mol. The minimum absolute atomic E-state index is 0.309. The topological polar surface area (TPSA) is 32.8 Å². The molecule has 1 saturated heterocycles. The SMILES string of the molecule is CCCC(=O)N1CCN(CCOC)CC1. The third-order valence-electron chi connectivity index (χ3n) is 2.80. The van der Waals surface area contributed by atoms with Crippen LogP contribution >= 0.6 is 0 Å². The number of nitrogens with zero attached hydrogens (tertiary/aromatic N) is 2. The van der Waals surface area contributed by atoms with E-state index in [1.165, 1.54) is 0 Å². The molecule has 1 amide bonds. The van der Waals surface area contributed by atoms with Gasteiger partial charge in [0.25, 0.3) is 0 Å². The maximum Gasteiger partial charge on any atom is 0.222 e. The van der Waals surface area contributed by atoms with E-state index in [1.807, 2.05) is 11.8 Å². The number of piperazine rings is 1. The molecule has 15 heavy (non-hydrogen) atoms.